The average Bonchev–Trinajstić information content (AvgIpc) is 2.79. The fraction of sp³-hybridized carbons (Fsp3) is 0.167. The number of fused-ring (bicyclic) bond motifs is 1. The fourth-order valence-corrected chi connectivity index (χ4v) is 2.44. The summed E-state index contributed by atoms with van der Waals surface area (Å²) in [6.45, 7) is 0. The Bertz CT molecular complexity index is 727. The summed E-state index contributed by atoms with van der Waals surface area (Å²) in [5.41, 5.74) is 1.52. The number of halogens is 1. The summed E-state index contributed by atoms with van der Waals surface area (Å²) in [7, 11) is 3.67. The molecule has 2 heterocycles. The standard InChI is InChI=1S/C12H10ClN5OS/c1-18(2)10-15-9(13)16-11(17-10)20-12-14-7-5-3-4-6-8(7)19-12/h3-6H,1-2H3. The molecule has 0 N–H and O–H groups in total. The summed E-state index contributed by atoms with van der Waals surface area (Å²) in [5.74, 6) is 0.489. The van der Waals surface area contributed by atoms with Crippen molar-refractivity contribution in [3.05, 3.63) is 29.5 Å². The highest BCUT2D eigenvalue weighted by molar-refractivity contribution is 7.98. The highest BCUT2D eigenvalue weighted by atomic mass is 35.5. The van der Waals surface area contributed by atoms with Crippen molar-refractivity contribution in [3.8, 4) is 0 Å². The van der Waals surface area contributed by atoms with Gasteiger partial charge in [-0.05, 0) is 23.7 Å². The Morgan fingerprint density at radius 1 is 1.10 bits per heavy atom. The lowest BCUT2D eigenvalue weighted by Crippen LogP contribution is -2.13. The third-order valence-electron chi connectivity index (χ3n) is 2.43. The van der Waals surface area contributed by atoms with Gasteiger partial charge < -0.3 is 9.32 Å². The second-order valence-corrected chi connectivity index (χ2v) is 5.39. The van der Waals surface area contributed by atoms with Gasteiger partial charge in [0.25, 0.3) is 5.22 Å². The molecule has 0 aliphatic rings. The third kappa shape index (κ3) is 2.68. The zero-order valence-electron chi connectivity index (χ0n) is 10.7. The summed E-state index contributed by atoms with van der Waals surface area (Å²) in [4.78, 5) is 18.5. The van der Waals surface area contributed by atoms with E-state index in [2.05, 4.69) is 19.9 Å². The Labute approximate surface area is 124 Å². The topological polar surface area (TPSA) is 67.9 Å². The summed E-state index contributed by atoms with van der Waals surface area (Å²) in [6.07, 6.45) is 0. The SMILES string of the molecule is CN(C)c1nc(Cl)nc(Sc2nc3ccccc3o2)n1. The van der Waals surface area contributed by atoms with E-state index in [4.69, 9.17) is 16.0 Å². The van der Waals surface area contributed by atoms with Crippen molar-refractivity contribution in [3.63, 3.8) is 0 Å². The lowest BCUT2D eigenvalue weighted by molar-refractivity contribution is 0.488. The number of oxazole rings is 1. The van der Waals surface area contributed by atoms with Crippen molar-refractivity contribution in [1.82, 2.24) is 19.9 Å². The first-order valence-corrected chi connectivity index (χ1v) is 6.93. The normalized spacial score (nSPS) is 10.9. The first-order chi connectivity index (χ1) is 9.61. The quantitative estimate of drug-likeness (QED) is 0.737. The van der Waals surface area contributed by atoms with E-state index in [1.807, 2.05) is 38.4 Å². The van der Waals surface area contributed by atoms with Gasteiger partial charge in [0, 0.05) is 25.9 Å². The maximum atomic E-state index is 5.89. The molecule has 0 radical (unpaired) electrons. The molecule has 0 aliphatic heterocycles. The van der Waals surface area contributed by atoms with Gasteiger partial charge in [-0.2, -0.15) is 15.0 Å². The van der Waals surface area contributed by atoms with Gasteiger partial charge in [-0.15, -0.1) is 0 Å². The smallest absolute Gasteiger partial charge is 0.264 e. The molecule has 0 fully saturated rings. The minimum Gasteiger partial charge on any atom is -0.431 e. The van der Waals surface area contributed by atoms with Gasteiger partial charge >= 0.3 is 0 Å². The van der Waals surface area contributed by atoms with Gasteiger partial charge in [0.1, 0.15) is 5.52 Å². The molecule has 0 bridgehead atoms. The predicted molar refractivity (Wildman–Crippen MR) is 77.3 cm³/mol. The number of benzene rings is 1. The first kappa shape index (κ1) is 13.1. The monoisotopic (exact) mass is 307 g/mol. The second kappa shape index (κ2) is 5.26. The van der Waals surface area contributed by atoms with Crippen molar-refractivity contribution in [2.45, 2.75) is 10.4 Å². The summed E-state index contributed by atoms with van der Waals surface area (Å²) in [5, 5.41) is 1.06. The number of rotatable bonds is 3. The maximum Gasteiger partial charge on any atom is 0.264 e. The molecule has 1 aromatic carbocycles. The van der Waals surface area contributed by atoms with Crippen LogP contribution in [0.15, 0.2) is 39.1 Å². The predicted octanol–water partition coefficient (Wildman–Crippen LogP) is 2.88. The molecule has 0 saturated carbocycles. The molecule has 2 aromatic heterocycles. The van der Waals surface area contributed by atoms with Gasteiger partial charge in [0.2, 0.25) is 16.4 Å². The van der Waals surface area contributed by atoms with E-state index in [0.717, 1.165) is 11.1 Å². The maximum absolute atomic E-state index is 5.89. The van der Waals surface area contributed by atoms with Crippen LogP contribution in [0.3, 0.4) is 0 Å². The van der Waals surface area contributed by atoms with E-state index >= 15 is 0 Å². The van der Waals surface area contributed by atoms with Crippen molar-refractivity contribution in [1.29, 1.82) is 0 Å². The van der Waals surface area contributed by atoms with E-state index in [1.54, 1.807) is 4.90 Å². The van der Waals surface area contributed by atoms with Crippen LogP contribution >= 0.6 is 23.4 Å². The zero-order chi connectivity index (χ0) is 14.1. The van der Waals surface area contributed by atoms with E-state index in [0.29, 0.717) is 16.3 Å². The van der Waals surface area contributed by atoms with Crippen molar-refractivity contribution in [2.75, 3.05) is 19.0 Å². The van der Waals surface area contributed by atoms with Gasteiger partial charge in [0.05, 0.1) is 0 Å². The van der Waals surface area contributed by atoms with Gasteiger partial charge in [0.15, 0.2) is 5.58 Å². The molecule has 0 saturated heterocycles. The van der Waals surface area contributed by atoms with Gasteiger partial charge in [-0.3, -0.25) is 0 Å². The van der Waals surface area contributed by atoms with Crippen molar-refractivity contribution >= 4 is 40.4 Å². The van der Waals surface area contributed by atoms with E-state index < -0.39 is 0 Å². The Morgan fingerprint density at radius 3 is 2.65 bits per heavy atom. The van der Waals surface area contributed by atoms with Crippen LogP contribution in [-0.4, -0.2) is 34.0 Å². The minimum absolute atomic E-state index is 0.141. The molecule has 0 amide bonds. The van der Waals surface area contributed by atoms with E-state index in [1.165, 1.54) is 11.8 Å². The molecule has 3 aromatic rings. The van der Waals surface area contributed by atoms with Crippen LogP contribution in [0.25, 0.3) is 11.1 Å². The molecule has 0 aliphatic carbocycles. The lowest BCUT2D eigenvalue weighted by Gasteiger charge is -2.09. The molecular formula is C12H10ClN5OS. The summed E-state index contributed by atoms with van der Waals surface area (Å²) < 4.78 is 5.61. The van der Waals surface area contributed by atoms with Crippen LogP contribution in [0.1, 0.15) is 0 Å². The number of hydrogen-bond acceptors (Lipinski definition) is 7. The lowest BCUT2D eigenvalue weighted by atomic mass is 10.3. The van der Waals surface area contributed by atoms with Gasteiger partial charge in [-0.1, -0.05) is 12.1 Å². The third-order valence-corrected chi connectivity index (χ3v) is 3.31. The molecule has 20 heavy (non-hydrogen) atoms. The Balaban J connectivity index is 1.94. The van der Waals surface area contributed by atoms with Crippen LogP contribution < -0.4 is 4.90 Å². The van der Waals surface area contributed by atoms with Crippen LogP contribution in [0.2, 0.25) is 5.28 Å². The number of aromatic nitrogens is 4. The molecular weight excluding hydrogens is 298 g/mol. The van der Waals surface area contributed by atoms with E-state index in [9.17, 15) is 0 Å². The van der Waals surface area contributed by atoms with Crippen molar-refractivity contribution < 1.29 is 4.42 Å². The van der Waals surface area contributed by atoms with E-state index in [-0.39, 0.29) is 5.28 Å². The minimum atomic E-state index is 0.141. The fourth-order valence-electron chi connectivity index (χ4n) is 1.54. The molecule has 0 spiro atoms. The average molecular weight is 308 g/mol. The molecule has 8 heteroatoms. The summed E-state index contributed by atoms with van der Waals surface area (Å²) in [6, 6.07) is 7.54. The summed E-state index contributed by atoms with van der Waals surface area (Å²) >= 11 is 7.09. The Kier molecular flexibility index (Phi) is 3.45. The Morgan fingerprint density at radius 2 is 1.90 bits per heavy atom. The van der Waals surface area contributed by atoms with Crippen LogP contribution in [-0.2, 0) is 0 Å². The van der Waals surface area contributed by atoms with Crippen LogP contribution in [0, 0.1) is 0 Å². The molecule has 3 rings (SSSR count). The number of nitrogens with zero attached hydrogens (tertiary/aromatic N) is 5. The Hall–Kier alpha value is -1.86. The second-order valence-electron chi connectivity index (χ2n) is 4.13. The number of anilines is 1. The van der Waals surface area contributed by atoms with Crippen LogP contribution in [0.4, 0.5) is 5.95 Å². The highest BCUT2D eigenvalue weighted by Crippen LogP contribution is 2.28. The molecule has 0 unspecified atom stereocenters. The first-order valence-electron chi connectivity index (χ1n) is 5.74. The van der Waals surface area contributed by atoms with Crippen molar-refractivity contribution in [2.24, 2.45) is 0 Å². The van der Waals surface area contributed by atoms with Gasteiger partial charge in [-0.25, -0.2) is 4.98 Å². The molecule has 6 nitrogen and oxygen atoms in total. The highest BCUT2D eigenvalue weighted by Gasteiger charge is 2.12. The molecule has 102 valence electrons. The number of hydrogen-bond donors (Lipinski definition) is 0. The number of para-hydroxylation sites is 2. The van der Waals surface area contributed by atoms with Crippen LogP contribution in [0.5, 0.6) is 0 Å². The largest absolute Gasteiger partial charge is 0.431 e. The molecule has 0 atom stereocenters. The zero-order valence-corrected chi connectivity index (χ0v) is 12.3.